The van der Waals surface area contributed by atoms with Crippen molar-refractivity contribution in [2.24, 2.45) is 0 Å². The molecule has 0 unspecified atom stereocenters. The molecular formula is C17H19N7O. The lowest BCUT2D eigenvalue weighted by molar-refractivity contribution is -0.130. The maximum Gasteiger partial charge on any atom is 0.242 e. The Balaban J connectivity index is 1.50. The van der Waals surface area contributed by atoms with E-state index in [1.165, 1.54) is 6.33 Å². The zero-order valence-electron chi connectivity index (χ0n) is 14.0. The summed E-state index contributed by atoms with van der Waals surface area (Å²) in [7, 11) is 1.85. The maximum atomic E-state index is 12.9. The molecule has 8 heteroatoms. The second-order valence-corrected chi connectivity index (χ2v) is 6.23. The normalized spacial score (nSPS) is 13.8. The molecule has 0 aliphatic heterocycles. The number of aromatic nitrogens is 5. The standard InChI is InChI=1S/C17H19N7O/c1-23(17-15-16(20-10-19-15)21-11-22-17)9-14(25)24(13-5-6-13)8-12-4-2-3-7-18-12/h2-4,7,10-11,13H,5-6,8-9H2,1H3,(H,19,20,21,22). The molecule has 0 atom stereocenters. The van der Waals surface area contributed by atoms with Crippen LogP contribution in [0.5, 0.6) is 0 Å². The number of anilines is 1. The summed E-state index contributed by atoms with van der Waals surface area (Å²) in [6.07, 6.45) is 6.91. The van der Waals surface area contributed by atoms with Crippen LogP contribution in [0.15, 0.2) is 37.1 Å². The second-order valence-electron chi connectivity index (χ2n) is 6.23. The molecule has 4 rings (SSSR count). The highest BCUT2D eigenvalue weighted by atomic mass is 16.2. The number of aromatic amines is 1. The Kier molecular flexibility index (Phi) is 4.01. The van der Waals surface area contributed by atoms with Gasteiger partial charge in [0.15, 0.2) is 11.5 Å². The summed E-state index contributed by atoms with van der Waals surface area (Å²) in [4.78, 5) is 36.5. The Bertz CT molecular complexity index is 875. The lowest BCUT2D eigenvalue weighted by Crippen LogP contribution is -2.40. The van der Waals surface area contributed by atoms with Crippen molar-refractivity contribution in [3.8, 4) is 0 Å². The monoisotopic (exact) mass is 337 g/mol. The lowest BCUT2D eigenvalue weighted by Gasteiger charge is -2.25. The van der Waals surface area contributed by atoms with Gasteiger partial charge in [0.05, 0.1) is 25.1 Å². The highest BCUT2D eigenvalue weighted by Crippen LogP contribution is 2.28. The molecule has 3 aromatic heterocycles. The second kappa shape index (κ2) is 6.46. The first-order valence-corrected chi connectivity index (χ1v) is 8.27. The fourth-order valence-electron chi connectivity index (χ4n) is 2.88. The molecular weight excluding hydrogens is 318 g/mol. The summed E-state index contributed by atoms with van der Waals surface area (Å²) in [5, 5.41) is 0. The molecule has 3 aromatic rings. The lowest BCUT2D eigenvalue weighted by atomic mass is 10.3. The van der Waals surface area contributed by atoms with Gasteiger partial charge in [-0.2, -0.15) is 0 Å². The summed E-state index contributed by atoms with van der Waals surface area (Å²) < 4.78 is 0. The van der Waals surface area contributed by atoms with Crippen molar-refractivity contribution in [2.75, 3.05) is 18.5 Å². The van der Waals surface area contributed by atoms with Crippen LogP contribution < -0.4 is 4.90 Å². The first kappa shape index (κ1) is 15.5. The smallest absolute Gasteiger partial charge is 0.242 e. The molecule has 0 radical (unpaired) electrons. The van der Waals surface area contributed by atoms with E-state index >= 15 is 0 Å². The van der Waals surface area contributed by atoms with Crippen LogP contribution in [-0.4, -0.2) is 55.4 Å². The zero-order chi connectivity index (χ0) is 17.2. The SMILES string of the molecule is CN(CC(=O)N(Cc1ccccn1)C1CC1)c1ncnc2nc[nH]c12. The van der Waals surface area contributed by atoms with Crippen molar-refractivity contribution in [3.63, 3.8) is 0 Å². The molecule has 1 aliphatic rings. The van der Waals surface area contributed by atoms with Gasteiger partial charge in [-0.3, -0.25) is 9.78 Å². The number of imidazole rings is 1. The van der Waals surface area contributed by atoms with E-state index in [2.05, 4.69) is 24.9 Å². The number of carbonyl (C=O) groups is 1. The van der Waals surface area contributed by atoms with Crippen LogP contribution >= 0.6 is 0 Å². The minimum Gasteiger partial charge on any atom is -0.348 e. The summed E-state index contributed by atoms with van der Waals surface area (Å²) in [6, 6.07) is 6.09. The molecule has 3 heterocycles. The first-order chi connectivity index (χ1) is 12.2. The fourth-order valence-corrected chi connectivity index (χ4v) is 2.88. The van der Waals surface area contributed by atoms with E-state index in [0.29, 0.717) is 24.1 Å². The predicted octanol–water partition coefficient (Wildman–Crippen LogP) is 1.38. The summed E-state index contributed by atoms with van der Waals surface area (Å²) in [5.74, 6) is 0.742. The zero-order valence-corrected chi connectivity index (χ0v) is 14.0. The van der Waals surface area contributed by atoms with Gasteiger partial charge in [0.2, 0.25) is 5.91 Å². The number of hydrogen-bond acceptors (Lipinski definition) is 6. The molecule has 1 amide bonds. The van der Waals surface area contributed by atoms with Crippen molar-refractivity contribution in [1.82, 2.24) is 29.8 Å². The van der Waals surface area contributed by atoms with Crippen LogP contribution in [0.2, 0.25) is 0 Å². The molecule has 25 heavy (non-hydrogen) atoms. The number of nitrogens with zero attached hydrogens (tertiary/aromatic N) is 6. The largest absolute Gasteiger partial charge is 0.348 e. The summed E-state index contributed by atoms with van der Waals surface area (Å²) in [5.41, 5.74) is 2.24. The molecule has 1 fully saturated rings. The quantitative estimate of drug-likeness (QED) is 0.731. The predicted molar refractivity (Wildman–Crippen MR) is 92.8 cm³/mol. The summed E-state index contributed by atoms with van der Waals surface area (Å²) in [6.45, 7) is 0.788. The van der Waals surface area contributed by atoms with Gasteiger partial charge in [-0.05, 0) is 25.0 Å². The molecule has 1 saturated carbocycles. The number of rotatable bonds is 6. The first-order valence-electron chi connectivity index (χ1n) is 8.27. The van der Waals surface area contributed by atoms with Crippen LogP contribution in [0.1, 0.15) is 18.5 Å². The number of carbonyl (C=O) groups excluding carboxylic acids is 1. The highest BCUT2D eigenvalue weighted by molar-refractivity contribution is 5.87. The molecule has 1 N–H and O–H groups in total. The molecule has 0 saturated heterocycles. The maximum absolute atomic E-state index is 12.9. The number of H-pyrrole nitrogens is 1. The minimum absolute atomic E-state index is 0.0712. The van der Waals surface area contributed by atoms with Crippen LogP contribution in [0.25, 0.3) is 11.2 Å². The number of likely N-dealkylation sites (N-methyl/N-ethyl adjacent to an activating group) is 1. The van der Waals surface area contributed by atoms with Crippen LogP contribution in [0.3, 0.4) is 0 Å². The Morgan fingerprint density at radius 1 is 1.24 bits per heavy atom. The third-order valence-corrected chi connectivity index (χ3v) is 4.30. The number of fused-ring (bicyclic) bond motifs is 1. The van der Waals surface area contributed by atoms with Gasteiger partial charge >= 0.3 is 0 Å². The molecule has 8 nitrogen and oxygen atoms in total. The molecule has 0 spiro atoms. The molecule has 0 bridgehead atoms. The fraction of sp³-hybridized carbons (Fsp3) is 0.353. The topological polar surface area (TPSA) is 90.9 Å². The van der Waals surface area contributed by atoms with E-state index < -0.39 is 0 Å². The average Bonchev–Trinajstić information content (AvgIpc) is 3.35. The Morgan fingerprint density at radius 3 is 2.88 bits per heavy atom. The molecule has 1 aliphatic carbocycles. The van der Waals surface area contributed by atoms with E-state index in [1.54, 1.807) is 12.5 Å². The third kappa shape index (κ3) is 3.28. The van der Waals surface area contributed by atoms with Gasteiger partial charge in [-0.1, -0.05) is 6.07 Å². The Hall–Kier alpha value is -3.03. The van der Waals surface area contributed by atoms with E-state index in [4.69, 9.17) is 0 Å². The van der Waals surface area contributed by atoms with Crippen molar-refractivity contribution in [3.05, 3.63) is 42.7 Å². The van der Waals surface area contributed by atoms with Crippen molar-refractivity contribution >= 4 is 22.9 Å². The molecule has 0 aromatic carbocycles. The van der Waals surface area contributed by atoms with Crippen molar-refractivity contribution < 1.29 is 4.79 Å². The van der Waals surface area contributed by atoms with Crippen molar-refractivity contribution in [2.45, 2.75) is 25.4 Å². The number of hydrogen-bond donors (Lipinski definition) is 1. The average molecular weight is 337 g/mol. The third-order valence-electron chi connectivity index (χ3n) is 4.30. The van der Waals surface area contributed by atoms with Crippen LogP contribution in [0.4, 0.5) is 5.82 Å². The van der Waals surface area contributed by atoms with Crippen molar-refractivity contribution in [1.29, 1.82) is 0 Å². The van der Waals surface area contributed by atoms with E-state index in [-0.39, 0.29) is 12.5 Å². The van der Waals surface area contributed by atoms with Gasteiger partial charge in [0, 0.05) is 19.3 Å². The number of pyridine rings is 1. The van der Waals surface area contributed by atoms with Gasteiger partial charge in [0.1, 0.15) is 11.8 Å². The van der Waals surface area contributed by atoms with E-state index in [0.717, 1.165) is 24.1 Å². The van der Waals surface area contributed by atoms with Crippen LogP contribution in [0, 0.1) is 0 Å². The Labute approximate surface area is 144 Å². The van der Waals surface area contributed by atoms with Gasteiger partial charge in [-0.25, -0.2) is 15.0 Å². The van der Waals surface area contributed by atoms with Gasteiger partial charge in [0.25, 0.3) is 0 Å². The number of amides is 1. The van der Waals surface area contributed by atoms with Gasteiger partial charge in [-0.15, -0.1) is 0 Å². The summed E-state index contributed by atoms with van der Waals surface area (Å²) >= 11 is 0. The van der Waals surface area contributed by atoms with Crippen LogP contribution in [-0.2, 0) is 11.3 Å². The highest BCUT2D eigenvalue weighted by Gasteiger charge is 2.33. The van der Waals surface area contributed by atoms with E-state index in [1.807, 2.05) is 35.0 Å². The Morgan fingerprint density at radius 2 is 2.12 bits per heavy atom. The van der Waals surface area contributed by atoms with Gasteiger partial charge < -0.3 is 14.8 Å². The number of nitrogens with one attached hydrogen (secondary N) is 1. The minimum atomic E-state index is 0.0712. The van der Waals surface area contributed by atoms with E-state index in [9.17, 15) is 4.79 Å². The molecule has 128 valence electrons.